The smallest absolute Gasteiger partial charge is 0.208 e. The van der Waals surface area contributed by atoms with Gasteiger partial charge in [-0.25, -0.2) is 16.8 Å². The first-order valence-electron chi connectivity index (χ1n) is 8.89. The average Bonchev–Trinajstić information content (AvgIpc) is 2.61. The van der Waals surface area contributed by atoms with E-state index >= 15 is 0 Å². The van der Waals surface area contributed by atoms with E-state index in [1.807, 2.05) is 13.8 Å². The van der Waals surface area contributed by atoms with E-state index in [-0.39, 0.29) is 24.6 Å². The Morgan fingerprint density at radius 1 is 0.586 bits per heavy atom. The van der Waals surface area contributed by atoms with Gasteiger partial charge in [0.05, 0.1) is 24.6 Å². The molecule has 7 heteroatoms. The molecule has 0 saturated heterocycles. The second-order valence-electron chi connectivity index (χ2n) is 7.14. The van der Waals surface area contributed by atoms with Crippen molar-refractivity contribution < 1.29 is 16.8 Å². The van der Waals surface area contributed by atoms with Crippen molar-refractivity contribution in [2.24, 2.45) is 0 Å². The topological polar surface area (TPSA) is 68.3 Å². The molecule has 0 aliphatic carbocycles. The van der Waals surface area contributed by atoms with Crippen molar-refractivity contribution in [1.82, 2.24) is 0 Å². The average molecular weight is 449 g/mol. The minimum absolute atomic E-state index is 0.0236. The Morgan fingerprint density at radius 3 is 1.55 bits per heavy atom. The molecule has 0 bridgehead atoms. The normalized spacial score (nSPS) is 12.2. The molecule has 0 aromatic heterocycles. The molecule has 0 aliphatic rings. The molecule has 3 aromatic rings. The molecule has 0 amide bonds. The first kappa shape index (κ1) is 21.6. The molecular formula is C22H21ClO4S2. The minimum atomic E-state index is -4.00. The number of rotatable bonds is 4. The zero-order valence-electron chi connectivity index (χ0n) is 16.5. The van der Waals surface area contributed by atoms with Crippen molar-refractivity contribution in [3.05, 3.63) is 81.9 Å². The number of hydrogen-bond donors (Lipinski definition) is 0. The van der Waals surface area contributed by atoms with E-state index in [4.69, 9.17) is 11.6 Å². The SMILES string of the molecule is Cc1ccc(S(=O)(=O)c2ccc(Cl)c(S(=O)(=O)c3ccc(C)cc3C)c2)c(C)c1. The van der Waals surface area contributed by atoms with Crippen molar-refractivity contribution >= 4 is 31.3 Å². The molecule has 29 heavy (non-hydrogen) atoms. The number of hydrogen-bond acceptors (Lipinski definition) is 4. The summed E-state index contributed by atoms with van der Waals surface area (Å²) < 4.78 is 52.8. The molecular weight excluding hydrogens is 428 g/mol. The lowest BCUT2D eigenvalue weighted by molar-refractivity contribution is 0.593. The van der Waals surface area contributed by atoms with Crippen LogP contribution in [0.5, 0.6) is 0 Å². The highest BCUT2D eigenvalue weighted by Crippen LogP contribution is 2.33. The highest BCUT2D eigenvalue weighted by atomic mass is 35.5. The fourth-order valence-corrected chi connectivity index (χ4v) is 6.88. The summed E-state index contributed by atoms with van der Waals surface area (Å²) in [6.07, 6.45) is 0. The summed E-state index contributed by atoms with van der Waals surface area (Å²) in [5.41, 5.74) is 3.04. The Morgan fingerprint density at radius 2 is 1.07 bits per heavy atom. The Bertz CT molecular complexity index is 1320. The lowest BCUT2D eigenvalue weighted by Gasteiger charge is -2.13. The molecule has 0 heterocycles. The predicted octanol–water partition coefficient (Wildman–Crippen LogP) is 5.24. The molecule has 4 nitrogen and oxygen atoms in total. The Hall–Kier alpha value is -2.15. The van der Waals surface area contributed by atoms with Crippen LogP contribution in [0.1, 0.15) is 22.3 Å². The third-order valence-corrected chi connectivity index (χ3v) is 9.05. The molecule has 3 aromatic carbocycles. The fourth-order valence-electron chi connectivity index (χ4n) is 3.30. The van der Waals surface area contributed by atoms with Gasteiger partial charge in [0, 0.05) is 0 Å². The van der Waals surface area contributed by atoms with Gasteiger partial charge in [0.2, 0.25) is 19.7 Å². The molecule has 152 valence electrons. The van der Waals surface area contributed by atoms with Gasteiger partial charge in [0.1, 0.15) is 0 Å². The van der Waals surface area contributed by atoms with Gasteiger partial charge in [-0.05, 0) is 69.2 Å². The minimum Gasteiger partial charge on any atom is -0.219 e. The standard InChI is InChI=1S/C22H21ClO4S2/c1-14-5-9-20(16(3)11-14)28(24,25)18-7-8-19(23)22(13-18)29(26,27)21-10-6-15(2)12-17(21)4/h5-13H,1-4H3. The highest BCUT2D eigenvalue weighted by molar-refractivity contribution is 7.92. The first-order chi connectivity index (χ1) is 13.4. The Balaban J connectivity index is 2.20. The zero-order valence-corrected chi connectivity index (χ0v) is 18.9. The molecule has 0 spiro atoms. The van der Waals surface area contributed by atoms with Gasteiger partial charge < -0.3 is 0 Å². The monoisotopic (exact) mass is 448 g/mol. The molecule has 0 unspecified atom stereocenters. The summed E-state index contributed by atoms with van der Waals surface area (Å²) in [5, 5.41) is -0.0236. The van der Waals surface area contributed by atoms with Gasteiger partial charge in [-0.3, -0.25) is 0 Å². The lowest BCUT2D eigenvalue weighted by Crippen LogP contribution is -2.09. The van der Waals surface area contributed by atoms with Crippen molar-refractivity contribution in [3.63, 3.8) is 0 Å². The summed E-state index contributed by atoms with van der Waals surface area (Å²) >= 11 is 6.19. The number of halogens is 1. The van der Waals surface area contributed by atoms with Crippen LogP contribution in [0.4, 0.5) is 0 Å². The van der Waals surface area contributed by atoms with E-state index in [1.54, 1.807) is 38.1 Å². The fraction of sp³-hybridized carbons (Fsp3) is 0.182. The maximum Gasteiger partial charge on any atom is 0.208 e. The lowest BCUT2D eigenvalue weighted by atomic mass is 10.2. The zero-order chi connectivity index (χ0) is 21.6. The van der Waals surface area contributed by atoms with E-state index in [0.717, 1.165) is 17.2 Å². The largest absolute Gasteiger partial charge is 0.219 e. The second kappa shape index (κ2) is 7.59. The van der Waals surface area contributed by atoms with Crippen molar-refractivity contribution in [1.29, 1.82) is 0 Å². The van der Waals surface area contributed by atoms with Crippen LogP contribution in [-0.4, -0.2) is 16.8 Å². The Labute approximate surface area is 177 Å². The molecule has 0 radical (unpaired) electrons. The van der Waals surface area contributed by atoms with Crippen LogP contribution in [0.25, 0.3) is 0 Å². The van der Waals surface area contributed by atoms with E-state index in [9.17, 15) is 16.8 Å². The van der Waals surface area contributed by atoms with E-state index in [0.29, 0.717) is 11.1 Å². The molecule has 0 saturated carbocycles. The van der Waals surface area contributed by atoms with Crippen LogP contribution in [0.3, 0.4) is 0 Å². The summed E-state index contributed by atoms with van der Waals surface area (Å²) in [4.78, 5) is -0.0968. The molecule has 0 fully saturated rings. The van der Waals surface area contributed by atoms with E-state index in [1.165, 1.54) is 24.3 Å². The predicted molar refractivity (Wildman–Crippen MR) is 114 cm³/mol. The maximum absolute atomic E-state index is 13.2. The summed E-state index contributed by atoms with van der Waals surface area (Å²) in [6, 6.07) is 13.8. The Kier molecular flexibility index (Phi) is 5.64. The summed E-state index contributed by atoms with van der Waals surface area (Å²) in [7, 11) is -7.90. The van der Waals surface area contributed by atoms with E-state index < -0.39 is 19.7 Å². The summed E-state index contributed by atoms with van der Waals surface area (Å²) in [6.45, 7) is 7.15. The van der Waals surface area contributed by atoms with Gasteiger partial charge in [-0.1, -0.05) is 47.0 Å². The number of aryl methyl sites for hydroxylation is 4. The van der Waals surface area contributed by atoms with Crippen LogP contribution in [0, 0.1) is 27.7 Å². The van der Waals surface area contributed by atoms with Gasteiger partial charge in [0.25, 0.3) is 0 Å². The quantitative estimate of drug-likeness (QED) is 0.547. The third-order valence-electron chi connectivity index (χ3n) is 4.74. The van der Waals surface area contributed by atoms with Gasteiger partial charge in [-0.2, -0.15) is 0 Å². The molecule has 0 N–H and O–H groups in total. The van der Waals surface area contributed by atoms with Gasteiger partial charge >= 0.3 is 0 Å². The maximum atomic E-state index is 13.2. The van der Waals surface area contributed by atoms with Crippen LogP contribution < -0.4 is 0 Å². The number of sulfone groups is 2. The van der Waals surface area contributed by atoms with Gasteiger partial charge in [-0.15, -0.1) is 0 Å². The van der Waals surface area contributed by atoms with Crippen LogP contribution in [0.15, 0.2) is 74.2 Å². The van der Waals surface area contributed by atoms with Crippen molar-refractivity contribution in [3.8, 4) is 0 Å². The summed E-state index contributed by atoms with van der Waals surface area (Å²) in [5.74, 6) is 0. The third kappa shape index (κ3) is 3.97. The van der Waals surface area contributed by atoms with Crippen molar-refractivity contribution in [2.45, 2.75) is 47.3 Å². The second-order valence-corrected chi connectivity index (χ2v) is 11.3. The highest BCUT2D eigenvalue weighted by Gasteiger charge is 2.27. The van der Waals surface area contributed by atoms with Gasteiger partial charge in [0.15, 0.2) is 0 Å². The molecule has 0 aliphatic heterocycles. The van der Waals surface area contributed by atoms with Crippen LogP contribution >= 0.6 is 11.6 Å². The van der Waals surface area contributed by atoms with Crippen LogP contribution in [0.2, 0.25) is 5.02 Å². The molecule has 3 rings (SSSR count). The van der Waals surface area contributed by atoms with E-state index in [2.05, 4.69) is 0 Å². The molecule has 0 atom stereocenters. The first-order valence-corrected chi connectivity index (χ1v) is 12.2. The van der Waals surface area contributed by atoms with Crippen LogP contribution in [-0.2, 0) is 19.7 Å². The number of benzene rings is 3. The van der Waals surface area contributed by atoms with Crippen molar-refractivity contribution in [2.75, 3.05) is 0 Å².